The van der Waals surface area contributed by atoms with Crippen LogP contribution in [0.15, 0.2) is 36.7 Å². The number of aromatic nitrogens is 2. The fourth-order valence-electron chi connectivity index (χ4n) is 4.36. The lowest BCUT2D eigenvalue weighted by Crippen LogP contribution is -2.54. The average Bonchev–Trinajstić information content (AvgIpc) is 2.86. The van der Waals surface area contributed by atoms with Crippen molar-refractivity contribution in [1.82, 2.24) is 15.3 Å². The quantitative estimate of drug-likeness (QED) is 0.466. The molecule has 2 N–H and O–H groups in total. The van der Waals surface area contributed by atoms with Gasteiger partial charge in [0.2, 0.25) is 5.95 Å². The molecule has 36 heavy (non-hydrogen) atoms. The molecule has 1 aliphatic heterocycles. The second-order valence-electron chi connectivity index (χ2n) is 8.92. The van der Waals surface area contributed by atoms with Gasteiger partial charge in [-0.25, -0.2) is 18.7 Å². The molecule has 2 heterocycles. The lowest BCUT2D eigenvalue weighted by Gasteiger charge is -2.38. The Morgan fingerprint density at radius 3 is 2.31 bits per heavy atom. The van der Waals surface area contributed by atoms with Gasteiger partial charge in [-0.15, -0.1) is 0 Å². The Kier molecular flexibility index (Phi) is 7.73. The lowest BCUT2D eigenvalue weighted by atomic mass is 10.1. The molecule has 2 aromatic carbocycles. The Morgan fingerprint density at radius 2 is 1.67 bits per heavy atom. The van der Waals surface area contributed by atoms with Crippen LogP contribution in [0.5, 0.6) is 17.2 Å². The van der Waals surface area contributed by atoms with Crippen LogP contribution in [-0.2, 0) is 6.61 Å². The molecule has 1 aliphatic rings. The first-order chi connectivity index (χ1) is 17.3. The van der Waals surface area contributed by atoms with Gasteiger partial charge in [-0.05, 0) is 44.5 Å². The number of anilines is 3. The van der Waals surface area contributed by atoms with E-state index >= 15 is 0 Å². The molecule has 1 saturated heterocycles. The van der Waals surface area contributed by atoms with E-state index in [1.165, 1.54) is 32.5 Å². The summed E-state index contributed by atoms with van der Waals surface area (Å²) in [4.78, 5) is 10.8. The van der Waals surface area contributed by atoms with Gasteiger partial charge in [0, 0.05) is 36.9 Å². The minimum atomic E-state index is -0.790. The van der Waals surface area contributed by atoms with Crippen molar-refractivity contribution in [3.63, 3.8) is 0 Å². The van der Waals surface area contributed by atoms with Crippen LogP contribution in [0.4, 0.5) is 26.1 Å². The molecule has 0 bridgehead atoms. The normalized spacial score (nSPS) is 17.6. The molecule has 2 atom stereocenters. The summed E-state index contributed by atoms with van der Waals surface area (Å²) in [6.45, 7) is 7.33. The van der Waals surface area contributed by atoms with Crippen molar-refractivity contribution in [3.8, 4) is 17.2 Å². The van der Waals surface area contributed by atoms with E-state index in [0.29, 0.717) is 18.0 Å². The molecule has 0 aliphatic carbocycles. The van der Waals surface area contributed by atoms with E-state index in [2.05, 4.69) is 39.3 Å². The van der Waals surface area contributed by atoms with Crippen LogP contribution in [0.25, 0.3) is 0 Å². The third-order valence-electron chi connectivity index (χ3n) is 6.01. The second kappa shape index (κ2) is 10.9. The van der Waals surface area contributed by atoms with Gasteiger partial charge in [0.1, 0.15) is 18.2 Å². The summed E-state index contributed by atoms with van der Waals surface area (Å²) in [6, 6.07) is 7.93. The Hall–Kier alpha value is -3.66. The summed E-state index contributed by atoms with van der Waals surface area (Å²) < 4.78 is 45.0. The summed E-state index contributed by atoms with van der Waals surface area (Å²) in [7, 11) is 2.98. The number of ether oxygens (including phenoxy) is 3. The second-order valence-corrected chi connectivity index (χ2v) is 8.92. The molecule has 192 valence electrons. The summed E-state index contributed by atoms with van der Waals surface area (Å²) in [5.74, 6) is -0.132. The number of methoxy groups -OCH3 is 2. The van der Waals surface area contributed by atoms with Crippen molar-refractivity contribution in [2.24, 2.45) is 0 Å². The molecule has 1 fully saturated rings. The minimum Gasteiger partial charge on any atom is -0.495 e. The van der Waals surface area contributed by atoms with Gasteiger partial charge in [0.25, 0.3) is 0 Å². The highest BCUT2D eigenvalue weighted by Gasteiger charge is 2.23. The summed E-state index contributed by atoms with van der Waals surface area (Å²) in [6.07, 6.45) is 2.88. The number of hydrogen-bond acceptors (Lipinski definition) is 8. The van der Waals surface area contributed by atoms with E-state index in [1.54, 1.807) is 7.11 Å². The van der Waals surface area contributed by atoms with Gasteiger partial charge in [0.15, 0.2) is 17.3 Å². The first-order valence-electron chi connectivity index (χ1n) is 11.7. The van der Waals surface area contributed by atoms with Crippen molar-refractivity contribution in [1.29, 1.82) is 0 Å². The van der Waals surface area contributed by atoms with Gasteiger partial charge in [-0.3, -0.25) is 0 Å². The van der Waals surface area contributed by atoms with Crippen LogP contribution >= 0.6 is 0 Å². The van der Waals surface area contributed by atoms with Gasteiger partial charge >= 0.3 is 0 Å². The molecule has 0 spiro atoms. The number of rotatable bonds is 8. The third-order valence-corrected chi connectivity index (χ3v) is 6.01. The number of piperazine rings is 1. The Labute approximate surface area is 209 Å². The fourth-order valence-corrected chi connectivity index (χ4v) is 4.36. The molecular formula is C26H31F2N5O3. The third kappa shape index (κ3) is 5.59. The number of hydrogen-bond donors (Lipinski definition) is 2. The fraction of sp³-hybridized carbons (Fsp3) is 0.385. The first kappa shape index (κ1) is 25.4. The Balaban J connectivity index is 1.43. The number of nitrogens with one attached hydrogen (secondary N) is 2. The van der Waals surface area contributed by atoms with Gasteiger partial charge in [-0.1, -0.05) is 0 Å². The van der Waals surface area contributed by atoms with E-state index in [9.17, 15) is 8.78 Å². The lowest BCUT2D eigenvalue weighted by molar-refractivity contribution is 0.285. The zero-order valence-corrected chi connectivity index (χ0v) is 21.1. The van der Waals surface area contributed by atoms with E-state index in [4.69, 9.17) is 14.2 Å². The molecule has 3 aromatic rings. The number of nitrogens with zero attached hydrogens (tertiary/aromatic N) is 3. The van der Waals surface area contributed by atoms with Crippen molar-refractivity contribution in [2.75, 3.05) is 37.5 Å². The minimum absolute atomic E-state index is 0.0364. The zero-order valence-electron chi connectivity index (χ0n) is 21.1. The Bertz CT molecular complexity index is 1200. The smallest absolute Gasteiger partial charge is 0.227 e. The molecule has 0 saturated carbocycles. The maximum Gasteiger partial charge on any atom is 0.227 e. The molecule has 1 aromatic heterocycles. The highest BCUT2D eigenvalue weighted by molar-refractivity contribution is 5.67. The maximum atomic E-state index is 14.5. The summed E-state index contributed by atoms with van der Waals surface area (Å²) in [5.41, 5.74) is 1.84. The predicted molar refractivity (Wildman–Crippen MR) is 135 cm³/mol. The summed E-state index contributed by atoms with van der Waals surface area (Å²) >= 11 is 0. The van der Waals surface area contributed by atoms with Gasteiger partial charge in [0.05, 0.1) is 37.9 Å². The first-order valence-corrected chi connectivity index (χ1v) is 11.7. The SMILES string of the molecule is COc1cc(Nc2ncc(OCc3c(F)c(C)cc(OC)c3F)cn2)ccc1N1C[C@@H](C)N[C@@H](C)C1. The van der Waals surface area contributed by atoms with Crippen molar-refractivity contribution in [2.45, 2.75) is 39.5 Å². The van der Waals surface area contributed by atoms with E-state index in [-0.39, 0.29) is 29.2 Å². The number of halogens is 2. The summed E-state index contributed by atoms with van der Waals surface area (Å²) in [5, 5.41) is 6.67. The zero-order chi connectivity index (χ0) is 25.8. The van der Waals surface area contributed by atoms with Crippen LogP contribution in [-0.4, -0.2) is 49.4 Å². The highest BCUT2D eigenvalue weighted by atomic mass is 19.1. The van der Waals surface area contributed by atoms with Gasteiger partial charge < -0.3 is 29.7 Å². The molecule has 0 unspecified atom stereocenters. The maximum absolute atomic E-state index is 14.5. The molecule has 8 nitrogen and oxygen atoms in total. The topological polar surface area (TPSA) is 80.8 Å². The Morgan fingerprint density at radius 1 is 1.00 bits per heavy atom. The van der Waals surface area contributed by atoms with E-state index in [0.717, 1.165) is 30.2 Å². The van der Waals surface area contributed by atoms with Crippen molar-refractivity contribution < 1.29 is 23.0 Å². The largest absolute Gasteiger partial charge is 0.495 e. The van der Waals surface area contributed by atoms with Crippen LogP contribution in [0.2, 0.25) is 0 Å². The molecule has 0 radical (unpaired) electrons. The van der Waals surface area contributed by atoms with Crippen molar-refractivity contribution in [3.05, 3.63) is 59.4 Å². The van der Waals surface area contributed by atoms with E-state index in [1.807, 2.05) is 18.2 Å². The standard InChI is InChI=1S/C26H31F2N5O3/c1-15-8-23(35-5)25(28)20(24(15)27)14-36-19-10-29-26(30-11-19)32-18-6-7-21(22(9-18)34-4)33-12-16(2)31-17(3)13-33/h6-11,16-17,31H,12-14H2,1-5H3,(H,29,30,32)/t16-,17+. The molecule has 0 amide bonds. The molecule has 10 heteroatoms. The highest BCUT2D eigenvalue weighted by Crippen LogP contribution is 2.33. The van der Waals surface area contributed by atoms with E-state index < -0.39 is 11.6 Å². The average molecular weight is 500 g/mol. The van der Waals surface area contributed by atoms with Crippen LogP contribution in [0.3, 0.4) is 0 Å². The van der Waals surface area contributed by atoms with Gasteiger partial charge in [-0.2, -0.15) is 0 Å². The molecular weight excluding hydrogens is 468 g/mol. The van der Waals surface area contributed by atoms with Crippen LogP contribution < -0.4 is 29.7 Å². The predicted octanol–water partition coefficient (Wildman–Crippen LogP) is 4.59. The monoisotopic (exact) mass is 499 g/mol. The van der Waals surface area contributed by atoms with Crippen LogP contribution in [0, 0.1) is 18.6 Å². The molecule has 4 rings (SSSR count). The number of aryl methyl sites for hydroxylation is 1. The number of benzene rings is 2. The van der Waals surface area contributed by atoms with Crippen LogP contribution in [0.1, 0.15) is 25.0 Å². The van der Waals surface area contributed by atoms with Crippen molar-refractivity contribution >= 4 is 17.3 Å².